The first-order valence-corrected chi connectivity index (χ1v) is 15.0. The van der Waals surface area contributed by atoms with Gasteiger partial charge in [-0.15, -0.1) is 0 Å². The van der Waals surface area contributed by atoms with Gasteiger partial charge in [-0.1, -0.05) is 0 Å². The molecule has 0 aromatic rings. The van der Waals surface area contributed by atoms with Crippen molar-refractivity contribution in [2.45, 2.75) is 24.5 Å². The smallest absolute Gasteiger partial charge is 0.475 e. The topological polar surface area (TPSA) is 63.6 Å². The molecule has 0 atom stereocenters. The van der Waals surface area contributed by atoms with Crippen molar-refractivity contribution in [2.24, 2.45) is 0 Å². The summed E-state index contributed by atoms with van der Waals surface area (Å²) in [4.78, 5) is 19.8. The molecule has 0 amide bonds. The van der Waals surface area contributed by atoms with Crippen molar-refractivity contribution in [3.8, 4) is 0 Å². The largest absolute Gasteiger partial charge is 0.490 e. The zero-order valence-electron chi connectivity index (χ0n) is 8.98. The van der Waals surface area contributed by atoms with E-state index in [4.69, 9.17) is 27.7 Å². The number of carbonyl (C=O) groups is 2. The summed E-state index contributed by atoms with van der Waals surface area (Å²) in [7, 11) is 11.5. The second kappa shape index (κ2) is 8.25. The van der Waals surface area contributed by atoms with Crippen LogP contribution in [0, 0.1) is 0 Å². The molecule has 1 N–H and O–H groups in total. The van der Waals surface area contributed by atoms with Crippen molar-refractivity contribution in [3.05, 3.63) is 0 Å². The Morgan fingerprint density at radius 1 is 1.29 bits per heavy atom. The molecule has 0 aliphatic heterocycles. The van der Waals surface area contributed by atoms with Crippen LogP contribution in [-0.2, 0) is 9.53 Å². The van der Waals surface area contributed by atoms with Crippen molar-refractivity contribution in [1.82, 2.24) is 0 Å². The van der Waals surface area contributed by atoms with Crippen molar-refractivity contribution in [1.29, 1.82) is 0 Å². The molecule has 17 heavy (non-hydrogen) atoms. The molecule has 102 valence electrons. The Morgan fingerprint density at radius 3 is 1.82 bits per heavy atom. The van der Waals surface area contributed by atoms with Crippen LogP contribution in [0.15, 0.2) is 0 Å². The van der Waals surface area contributed by atoms with Gasteiger partial charge < -0.3 is 5.11 Å². The van der Waals surface area contributed by atoms with E-state index in [1.54, 1.807) is 6.92 Å². The molecule has 0 rings (SSSR count). The standard InChI is InChI=1S/C3H5O2.C2HF3O2.C2H5.2ClH.Sn/c1-2-5-3-4;3-2(4,5)1(6)7;1-2;;;/h2H2,1H3;(H,6,7);1H2,2H3;2*1H;/q;;;;;+2/p-2. The van der Waals surface area contributed by atoms with Gasteiger partial charge in [-0.3, -0.25) is 0 Å². The second-order valence-corrected chi connectivity index (χ2v) is 19.7. The van der Waals surface area contributed by atoms with Gasteiger partial charge >= 0.3 is 84.5 Å². The van der Waals surface area contributed by atoms with E-state index in [2.05, 4.69) is 4.74 Å². The van der Waals surface area contributed by atoms with Gasteiger partial charge in [-0.25, -0.2) is 4.79 Å². The number of rotatable bonds is 3. The predicted molar refractivity (Wildman–Crippen MR) is 58.7 cm³/mol. The van der Waals surface area contributed by atoms with Gasteiger partial charge in [-0.05, 0) is 0 Å². The molecule has 0 saturated heterocycles. The normalized spacial score (nSPS) is 11.2. The van der Waals surface area contributed by atoms with Crippen LogP contribution in [0.4, 0.5) is 18.0 Å². The third kappa shape index (κ3) is 9.78. The number of alkyl halides is 3. The molecule has 0 aromatic heterocycles. The van der Waals surface area contributed by atoms with E-state index in [0.29, 0.717) is 11.0 Å². The Bertz CT molecular complexity index is 270. The summed E-state index contributed by atoms with van der Waals surface area (Å²) in [5, 5.41) is 7.12. The molecule has 0 saturated carbocycles. The maximum atomic E-state index is 10.9. The first-order chi connectivity index (χ1) is 7.49. The number of aliphatic carboxylic acids is 1. The van der Waals surface area contributed by atoms with Gasteiger partial charge in [0.1, 0.15) is 0 Å². The molecular weight excluding hydrogens is 395 g/mol. The van der Waals surface area contributed by atoms with Crippen molar-refractivity contribution in [3.63, 3.8) is 0 Å². The summed E-state index contributed by atoms with van der Waals surface area (Å²) in [5.74, 6) is -2.76. The van der Waals surface area contributed by atoms with E-state index in [-0.39, 0.29) is 3.99 Å². The van der Waals surface area contributed by atoms with Crippen LogP contribution in [0.5, 0.6) is 0 Å². The second-order valence-electron chi connectivity index (χ2n) is 2.58. The van der Waals surface area contributed by atoms with Gasteiger partial charge in [0, 0.05) is 0 Å². The maximum Gasteiger partial charge on any atom is 0.490 e. The summed E-state index contributed by atoms with van der Waals surface area (Å²) >= 11 is -3.41. The number of hydrogen-bond acceptors (Lipinski definition) is 3. The Labute approximate surface area is 107 Å². The van der Waals surface area contributed by atoms with E-state index in [1.807, 2.05) is 6.92 Å². The molecule has 0 aliphatic rings. The Balaban J connectivity index is 0. The zero-order valence-corrected chi connectivity index (χ0v) is 13.3. The molecule has 4 nitrogen and oxygen atoms in total. The van der Waals surface area contributed by atoms with E-state index in [0.717, 1.165) is 0 Å². The van der Waals surface area contributed by atoms with Crippen LogP contribution >= 0.6 is 17.8 Å². The van der Waals surface area contributed by atoms with Gasteiger partial charge in [0.2, 0.25) is 0 Å². The fourth-order valence-corrected chi connectivity index (χ4v) is 2.95. The SMILES string of the molecule is CCO[C](=O)[Sn]([Cl])([Cl])[CH2]C.O=C(O)C(F)(F)F. The molecule has 0 aliphatic carbocycles. The number of carboxylic acid groups (broad SMARTS) is 1. The Morgan fingerprint density at radius 2 is 1.65 bits per heavy atom. The molecule has 0 heterocycles. The van der Waals surface area contributed by atoms with Crippen LogP contribution in [0.1, 0.15) is 13.8 Å². The van der Waals surface area contributed by atoms with Crippen LogP contribution in [0.3, 0.4) is 0 Å². The van der Waals surface area contributed by atoms with Crippen molar-refractivity contribution < 1.29 is 32.6 Å². The van der Waals surface area contributed by atoms with Gasteiger partial charge in [0.15, 0.2) is 0 Å². The van der Waals surface area contributed by atoms with Crippen LogP contribution in [0.2, 0.25) is 4.44 Å². The Kier molecular flexibility index (Phi) is 9.44. The number of carbonyl (C=O) groups excluding carboxylic acids is 1. The number of ether oxygens (including phenoxy) is 1. The molecule has 0 unspecified atom stereocenters. The molecular formula is C7H11Cl2F3O4Sn. The molecule has 0 fully saturated rings. The fraction of sp³-hybridized carbons (Fsp3) is 0.714. The van der Waals surface area contributed by atoms with Crippen LogP contribution in [0.25, 0.3) is 0 Å². The predicted octanol–water partition coefficient (Wildman–Crippen LogP) is 3.30. The van der Waals surface area contributed by atoms with Crippen molar-refractivity contribution >= 4 is 43.9 Å². The first kappa shape index (κ1) is 19.4. The van der Waals surface area contributed by atoms with Gasteiger partial charge in [0.05, 0.1) is 0 Å². The van der Waals surface area contributed by atoms with Crippen LogP contribution in [-0.4, -0.2) is 44.0 Å². The average molecular weight is 406 g/mol. The monoisotopic (exact) mass is 406 g/mol. The minimum absolute atomic E-state index is 0.358. The van der Waals surface area contributed by atoms with Crippen molar-refractivity contribution in [2.75, 3.05) is 6.61 Å². The quantitative estimate of drug-likeness (QED) is 0.732. The first-order valence-electron chi connectivity index (χ1n) is 4.34. The zero-order chi connectivity index (χ0) is 14.3. The summed E-state index contributed by atoms with van der Waals surface area (Å²) in [5.41, 5.74) is 0. The fourth-order valence-electron chi connectivity index (χ4n) is 0.381. The number of halogens is 5. The molecule has 0 aromatic carbocycles. The molecule has 0 bridgehead atoms. The Hall–Kier alpha value is 0.109. The minimum Gasteiger partial charge on any atom is -0.475 e. The third-order valence-corrected chi connectivity index (χ3v) is 11.6. The molecule has 10 heteroatoms. The van der Waals surface area contributed by atoms with Crippen LogP contribution < -0.4 is 0 Å². The summed E-state index contributed by atoms with van der Waals surface area (Å²) < 4.78 is 36.6. The summed E-state index contributed by atoms with van der Waals surface area (Å²) in [6.45, 7) is 3.91. The third-order valence-electron chi connectivity index (χ3n) is 1.26. The molecule has 0 radical (unpaired) electrons. The molecule has 0 spiro atoms. The van der Waals surface area contributed by atoms with E-state index >= 15 is 0 Å². The summed E-state index contributed by atoms with van der Waals surface area (Å²) in [6, 6.07) is 0. The van der Waals surface area contributed by atoms with Gasteiger partial charge in [0.25, 0.3) is 0 Å². The summed E-state index contributed by atoms with van der Waals surface area (Å²) in [6.07, 6.45) is -5.08. The van der Waals surface area contributed by atoms with E-state index in [1.165, 1.54) is 0 Å². The van der Waals surface area contributed by atoms with E-state index < -0.39 is 28.3 Å². The maximum absolute atomic E-state index is 10.9. The number of hydrogen-bond donors (Lipinski definition) is 1. The van der Waals surface area contributed by atoms with Gasteiger partial charge in [-0.2, -0.15) is 13.2 Å². The minimum atomic E-state index is -5.08. The van der Waals surface area contributed by atoms with E-state index in [9.17, 15) is 18.0 Å². The average Bonchev–Trinajstić information content (AvgIpc) is 2.17. The number of carboxylic acids is 1.